The highest BCUT2D eigenvalue weighted by Crippen LogP contribution is 2.28. The van der Waals surface area contributed by atoms with Gasteiger partial charge in [0.05, 0.1) is 12.1 Å². The number of hydrogen-bond acceptors (Lipinski definition) is 5. The number of esters is 1. The van der Waals surface area contributed by atoms with Crippen molar-refractivity contribution < 1.29 is 37.1 Å². The molecule has 0 radical (unpaired) electrons. The molecule has 0 unspecified atom stereocenters. The van der Waals surface area contributed by atoms with Crippen LogP contribution in [0.3, 0.4) is 0 Å². The van der Waals surface area contributed by atoms with E-state index in [-0.39, 0.29) is 18.0 Å². The molecular weight excluding hydrogens is 371 g/mol. The number of carbonyl (C=O) groups is 4. The fraction of sp³-hybridized carbons (Fsp3) is 0.375. The molecule has 1 rings (SSSR count). The summed E-state index contributed by atoms with van der Waals surface area (Å²) in [5.74, 6) is -2.75. The molecule has 27 heavy (non-hydrogen) atoms. The molecule has 0 aliphatic heterocycles. The monoisotopic (exact) mass is 389 g/mol. The molecule has 8 nitrogen and oxygen atoms in total. The molecule has 0 heterocycles. The van der Waals surface area contributed by atoms with Gasteiger partial charge in [-0.2, -0.15) is 13.2 Å². The van der Waals surface area contributed by atoms with Gasteiger partial charge in [0, 0.05) is 19.7 Å². The smallest absolute Gasteiger partial charge is 0.416 e. The Morgan fingerprint density at radius 2 is 1.59 bits per heavy atom. The van der Waals surface area contributed by atoms with E-state index in [4.69, 9.17) is 0 Å². The van der Waals surface area contributed by atoms with Crippen LogP contribution in [0.2, 0.25) is 0 Å². The Labute approximate surface area is 152 Å². The van der Waals surface area contributed by atoms with Crippen molar-refractivity contribution in [3.63, 3.8) is 0 Å². The minimum atomic E-state index is -4.52. The first-order chi connectivity index (χ1) is 12.5. The van der Waals surface area contributed by atoms with Crippen LogP contribution in [0.25, 0.3) is 0 Å². The quantitative estimate of drug-likeness (QED) is 0.648. The van der Waals surface area contributed by atoms with Gasteiger partial charge in [-0.05, 0) is 24.3 Å². The average Bonchev–Trinajstić information content (AvgIpc) is 2.61. The van der Waals surface area contributed by atoms with Crippen molar-refractivity contribution in [3.05, 3.63) is 35.4 Å². The number of rotatable bonds is 7. The van der Waals surface area contributed by atoms with Crippen LogP contribution in [0.15, 0.2) is 24.3 Å². The first-order valence-corrected chi connectivity index (χ1v) is 7.58. The summed E-state index contributed by atoms with van der Waals surface area (Å²) < 4.78 is 42.0. The summed E-state index contributed by atoms with van der Waals surface area (Å²) in [5, 5.41) is 4.40. The van der Waals surface area contributed by atoms with E-state index in [1.807, 2.05) is 0 Å². The molecule has 0 aliphatic carbocycles. The summed E-state index contributed by atoms with van der Waals surface area (Å²) in [6.45, 7) is -1.48. The zero-order valence-corrected chi connectivity index (χ0v) is 14.6. The third-order valence-electron chi connectivity index (χ3n) is 3.17. The number of alkyl halides is 3. The number of nitrogens with one attached hydrogen (secondary N) is 2. The fourth-order valence-corrected chi connectivity index (χ4v) is 1.65. The van der Waals surface area contributed by atoms with Gasteiger partial charge < -0.3 is 20.3 Å². The summed E-state index contributed by atoms with van der Waals surface area (Å²) in [5.41, 5.74) is -0.979. The minimum Gasteiger partial charge on any atom is -0.454 e. The van der Waals surface area contributed by atoms with Crippen LogP contribution in [0.4, 0.5) is 13.2 Å². The van der Waals surface area contributed by atoms with Crippen LogP contribution in [0, 0.1) is 0 Å². The molecule has 0 bridgehead atoms. The second kappa shape index (κ2) is 9.55. The molecule has 0 saturated carbocycles. The zero-order valence-electron chi connectivity index (χ0n) is 14.6. The van der Waals surface area contributed by atoms with Gasteiger partial charge in [-0.25, -0.2) is 0 Å². The van der Waals surface area contributed by atoms with Gasteiger partial charge in [-0.15, -0.1) is 0 Å². The predicted octanol–water partition coefficient (Wildman–Crippen LogP) is 0.183. The number of amides is 3. The van der Waals surface area contributed by atoms with Crippen LogP contribution in [0.5, 0.6) is 0 Å². The van der Waals surface area contributed by atoms with Crippen molar-refractivity contribution in [1.82, 2.24) is 15.5 Å². The van der Waals surface area contributed by atoms with Crippen LogP contribution in [0.1, 0.15) is 15.9 Å². The van der Waals surface area contributed by atoms with Crippen molar-refractivity contribution in [2.24, 2.45) is 0 Å². The van der Waals surface area contributed by atoms with E-state index in [1.54, 1.807) is 0 Å². The standard InChI is InChI=1S/C16H18F3N3O5/c1-22(2)13(24)7-20-12(23)9-27-14(25)8-21-15(26)10-3-5-11(6-4-10)16(17,18)19/h3-6H,7-9H2,1-2H3,(H,20,23)(H,21,26). The Hall–Kier alpha value is -3.11. The highest BCUT2D eigenvalue weighted by Gasteiger charge is 2.30. The maximum absolute atomic E-state index is 12.4. The lowest BCUT2D eigenvalue weighted by Crippen LogP contribution is -2.39. The fourth-order valence-electron chi connectivity index (χ4n) is 1.65. The van der Waals surface area contributed by atoms with Crippen LogP contribution < -0.4 is 10.6 Å². The average molecular weight is 389 g/mol. The molecule has 0 aromatic heterocycles. The topological polar surface area (TPSA) is 105 Å². The van der Waals surface area contributed by atoms with Crippen molar-refractivity contribution in [2.45, 2.75) is 6.18 Å². The summed E-state index contributed by atoms with van der Waals surface area (Å²) in [6, 6.07) is 3.43. The van der Waals surface area contributed by atoms with Gasteiger partial charge in [0.1, 0.15) is 6.54 Å². The number of nitrogens with zero attached hydrogens (tertiary/aromatic N) is 1. The molecule has 148 valence electrons. The highest BCUT2D eigenvalue weighted by atomic mass is 19.4. The Bertz CT molecular complexity index is 702. The summed E-state index contributed by atoms with van der Waals surface area (Å²) >= 11 is 0. The number of hydrogen-bond donors (Lipinski definition) is 2. The van der Waals surface area contributed by atoms with E-state index in [0.29, 0.717) is 0 Å². The number of carbonyl (C=O) groups excluding carboxylic acids is 4. The summed E-state index contributed by atoms with van der Waals surface area (Å²) in [4.78, 5) is 47.2. The van der Waals surface area contributed by atoms with Crippen LogP contribution in [-0.4, -0.2) is 62.4 Å². The lowest BCUT2D eigenvalue weighted by atomic mass is 10.1. The van der Waals surface area contributed by atoms with Crippen molar-refractivity contribution in [2.75, 3.05) is 33.8 Å². The molecule has 1 aromatic rings. The molecule has 0 fully saturated rings. The lowest BCUT2D eigenvalue weighted by Gasteiger charge is -2.11. The van der Waals surface area contributed by atoms with Crippen molar-refractivity contribution in [1.29, 1.82) is 0 Å². The largest absolute Gasteiger partial charge is 0.454 e. The van der Waals surface area contributed by atoms with Gasteiger partial charge in [0.15, 0.2) is 6.61 Å². The number of benzene rings is 1. The second-order valence-electron chi connectivity index (χ2n) is 5.48. The van der Waals surface area contributed by atoms with Gasteiger partial charge in [-0.3, -0.25) is 19.2 Å². The van der Waals surface area contributed by atoms with Crippen molar-refractivity contribution in [3.8, 4) is 0 Å². The van der Waals surface area contributed by atoms with Gasteiger partial charge >= 0.3 is 12.1 Å². The van der Waals surface area contributed by atoms with E-state index in [9.17, 15) is 32.3 Å². The summed E-state index contributed by atoms with van der Waals surface area (Å²) in [7, 11) is 3.02. The zero-order chi connectivity index (χ0) is 20.6. The van der Waals surface area contributed by atoms with Crippen LogP contribution >= 0.6 is 0 Å². The Morgan fingerprint density at radius 3 is 2.11 bits per heavy atom. The normalized spacial score (nSPS) is 10.7. The number of ether oxygens (including phenoxy) is 1. The molecular formula is C16H18F3N3O5. The van der Waals surface area contributed by atoms with E-state index < -0.39 is 42.7 Å². The third-order valence-corrected chi connectivity index (χ3v) is 3.17. The Balaban J connectivity index is 2.36. The molecule has 3 amide bonds. The lowest BCUT2D eigenvalue weighted by molar-refractivity contribution is -0.147. The Morgan fingerprint density at radius 1 is 1.00 bits per heavy atom. The van der Waals surface area contributed by atoms with E-state index >= 15 is 0 Å². The van der Waals surface area contributed by atoms with E-state index in [2.05, 4.69) is 15.4 Å². The van der Waals surface area contributed by atoms with Gasteiger partial charge in [-0.1, -0.05) is 0 Å². The highest BCUT2D eigenvalue weighted by molar-refractivity contribution is 5.96. The molecule has 0 spiro atoms. The molecule has 2 N–H and O–H groups in total. The molecule has 11 heteroatoms. The van der Waals surface area contributed by atoms with Gasteiger partial charge in [0.25, 0.3) is 11.8 Å². The minimum absolute atomic E-state index is 0.0734. The number of likely N-dealkylation sites (N-methyl/N-ethyl adjacent to an activating group) is 1. The molecule has 0 aliphatic rings. The molecule has 0 atom stereocenters. The van der Waals surface area contributed by atoms with E-state index in [1.165, 1.54) is 19.0 Å². The SMILES string of the molecule is CN(C)C(=O)CNC(=O)COC(=O)CNC(=O)c1ccc(C(F)(F)F)cc1. The summed E-state index contributed by atoms with van der Waals surface area (Å²) in [6.07, 6.45) is -4.52. The van der Waals surface area contributed by atoms with Crippen molar-refractivity contribution >= 4 is 23.7 Å². The molecule has 1 aromatic carbocycles. The van der Waals surface area contributed by atoms with Gasteiger partial charge in [0.2, 0.25) is 5.91 Å². The van der Waals surface area contributed by atoms with Crippen LogP contribution in [-0.2, 0) is 25.3 Å². The maximum atomic E-state index is 12.4. The first-order valence-electron chi connectivity index (χ1n) is 7.58. The Kier molecular flexibility index (Phi) is 7.76. The van der Waals surface area contributed by atoms with E-state index in [0.717, 1.165) is 24.3 Å². The predicted molar refractivity (Wildman–Crippen MR) is 86.4 cm³/mol. The maximum Gasteiger partial charge on any atom is 0.416 e. The third kappa shape index (κ3) is 7.75. The first kappa shape index (κ1) is 21.9. The molecule has 0 saturated heterocycles. The number of halogens is 3. The second-order valence-corrected chi connectivity index (χ2v) is 5.48.